The highest BCUT2D eigenvalue weighted by molar-refractivity contribution is 5.95. The molecule has 6 nitrogen and oxygen atoms in total. The summed E-state index contributed by atoms with van der Waals surface area (Å²) in [7, 11) is 1.74. The van der Waals surface area contributed by atoms with E-state index < -0.39 is 0 Å². The van der Waals surface area contributed by atoms with Gasteiger partial charge in [-0.05, 0) is 23.3 Å². The van der Waals surface area contributed by atoms with Gasteiger partial charge in [-0.25, -0.2) is 9.97 Å². The smallest absolute Gasteiger partial charge is 0.254 e. The average molecular weight is 400 g/mol. The largest absolute Gasteiger partial charge is 0.378 e. The summed E-state index contributed by atoms with van der Waals surface area (Å²) in [6.45, 7) is 2.87. The standard InChI is InChI=1S/C24H24N4O2/c1-30-20-13-28(14-20)23-21-15-27(12-11-22(21)25-16-26-23)24(29)19-9-7-18(8-10-19)17-5-3-2-4-6-17/h2-10,16,20H,11-15H2,1H3. The van der Waals surface area contributed by atoms with Crippen LogP contribution >= 0.6 is 0 Å². The molecule has 2 aliphatic heterocycles. The number of anilines is 1. The lowest BCUT2D eigenvalue weighted by Crippen LogP contribution is -2.53. The van der Waals surface area contributed by atoms with Gasteiger partial charge in [0.15, 0.2) is 0 Å². The van der Waals surface area contributed by atoms with Gasteiger partial charge < -0.3 is 14.5 Å². The zero-order valence-electron chi connectivity index (χ0n) is 17.0. The number of carbonyl (C=O) groups is 1. The zero-order valence-corrected chi connectivity index (χ0v) is 17.0. The van der Waals surface area contributed by atoms with E-state index in [1.807, 2.05) is 47.4 Å². The van der Waals surface area contributed by atoms with Crippen molar-refractivity contribution in [2.24, 2.45) is 0 Å². The maximum absolute atomic E-state index is 13.2. The molecular formula is C24H24N4O2. The predicted molar refractivity (Wildman–Crippen MR) is 115 cm³/mol. The third kappa shape index (κ3) is 3.44. The van der Waals surface area contributed by atoms with E-state index in [0.717, 1.165) is 47.7 Å². The first-order valence-electron chi connectivity index (χ1n) is 10.3. The van der Waals surface area contributed by atoms with Gasteiger partial charge in [0.1, 0.15) is 12.1 Å². The van der Waals surface area contributed by atoms with E-state index in [-0.39, 0.29) is 12.0 Å². The topological polar surface area (TPSA) is 58.6 Å². The number of rotatable bonds is 4. The monoisotopic (exact) mass is 400 g/mol. The molecule has 0 unspecified atom stereocenters. The molecule has 152 valence electrons. The van der Waals surface area contributed by atoms with Gasteiger partial charge in [0, 0.05) is 44.3 Å². The predicted octanol–water partition coefficient (Wildman–Crippen LogP) is 3.18. The normalized spacial score (nSPS) is 16.2. The van der Waals surface area contributed by atoms with Crippen molar-refractivity contribution in [3.63, 3.8) is 0 Å². The fourth-order valence-electron chi connectivity index (χ4n) is 4.15. The second-order valence-electron chi connectivity index (χ2n) is 7.81. The maximum atomic E-state index is 13.2. The third-order valence-electron chi connectivity index (χ3n) is 5.99. The second-order valence-corrected chi connectivity index (χ2v) is 7.81. The fourth-order valence-corrected chi connectivity index (χ4v) is 4.15. The minimum atomic E-state index is 0.0495. The van der Waals surface area contributed by atoms with E-state index in [0.29, 0.717) is 18.7 Å². The molecular weight excluding hydrogens is 376 g/mol. The first-order valence-corrected chi connectivity index (χ1v) is 10.3. The number of methoxy groups -OCH3 is 1. The molecule has 2 aliphatic rings. The highest BCUT2D eigenvalue weighted by Gasteiger charge is 2.32. The summed E-state index contributed by atoms with van der Waals surface area (Å²) in [6, 6.07) is 18.1. The molecule has 0 radical (unpaired) electrons. The summed E-state index contributed by atoms with van der Waals surface area (Å²) in [5.41, 5.74) is 5.07. The van der Waals surface area contributed by atoms with E-state index in [4.69, 9.17) is 4.74 Å². The van der Waals surface area contributed by atoms with Crippen LogP contribution < -0.4 is 4.90 Å². The molecule has 0 saturated carbocycles. The summed E-state index contributed by atoms with van der Waals surface area (Å²) >= 11 is 0. The number of amides is 1. The van der Waals surface area contributed by atoms with Gasteiger partial charge in [0.25, 0.3) is 5.91 Å². The Kier molecular flexibility index (Phi) is 4.93. The van der Waals surface area contributed by atoms with Crippen molar-refractivity contribution in [1.29, 1.82) is 0 Å². The molecule has 3 heterocycles. The zero-order chi connectivity index (χ0) is 20.5. The third-order valence-corrected chi connectivity index (χ3v) is 5.99. The van der Waals surface area contributed by atoms with Crippen molar-refractivity contribution >= 4 is 11.7 Å². The molecule has 0 bridgehead atoms. The van der Waals surface area contributed by atoms with Gasteiger partial charge >= 0.3 is 0 Å². The Labute approximate surface area is 176 Å². The molecule has 1 fully saturated rings. The SMILES string of the molecule is COC1CN(c2ncnc3c2CN(C(=O)c2ccc(-c4ccccc4)cc2)CC3)C1. The van der Waals surface area contributed by atoms with Crippen molar-refractivity contribution < 1.29 is 9.53 Å². The molecule has 6 heteroatoms. The van der Waals surface area contributed by atoms with Crippen LogP contribution in [0.15, 0.2) is 60.9 Å². The van der Waals surface area contributed by atoms with Gasteiger partial charge in [0.05, 0.1) is 18.3 Å². The van der Waals surface area contributed by atoms with Gasteiger partial charge in [-0.2, -0.15) is 0 Å². The highest BCUT2D eigenvalue weighted by Crippen LogP contribution is 2.30. The van der Waals surface area contributed by atoms with Crippen LogP contribution in [0.2, 0.25) is 0 Å². The van der Waals surface area contributed by atoms with Crippen molar-refractivity contribution in [3.8, 4) is 11.1 Å². The lowest BCUT2D eigenvalue weighted by atomic mass is 10.0. The van der Waals surface area contributed by atoms with Crippen LogP contribution in [0.25, 0.3) is 11.1 Å². The number of aromatic nitrogens is 2. The van der Waals surface area contributed by atoms with Crippen molar-refractivity contribution in [2.75, 3.05) is 31.6 Å². The minimum absolute atomic E-state index is 0.0495. The molecule has 1 amide bonds. The maximum Gasteiger partial charge on any atom is 0.254 e. The van der Waals surface area contributed by atoms with Crippen LogP contribution in [-0.4, -0.2) is 53.6 Å². The number of benzene rings is 2. The van der Waals surface area contributed by atoms with Crippen LogP contribution in [0.1, 0.15) is 21.6 Å². The Morgan fingerprint density at radius 1 is 1.00 bits per heavy atom. The van der Waals surface area contributed by atoms with Crippen LogP contribution in [0, 0.1) is 0 Å². The molecule has 0 spiro atoms. The molecule has 0 N–H and O–H groups in total. The van der Waals surface area contributed by atoms with E-state index in [9.17, 15) is 4.79 Å². The summed E-state index contributed by atoms with van der Waals surface area (Å²) < 4.78 is 5.39. The van der Waals surface area contributed by atoms with Gasteiger partial charge in [0.2, 0.25) is 0 Å². The fraction of sp³-hybridized carbons (Fsp3) is 0.292. The van der Waals surface area contributed by atoms with Crippen molar-refractivity contribution in [1.82, 2.24) is 14.9 Å². The lowest BCUT2D eigenvalue weighted by Gasteiger charge is -2.41. The van der Waals surface area contributed by atoms with Crippen LogP contribution in [0.5, 0.6) is 0 Å². The number of hydrogen-bond donors (Lipinski definition) is 0. The molecule has 0 atom stereocenters. The number of nitrogens with zero attached hydrogens (tertiary/aromatic N) is 4. The van der Waals surface area contributed by atoms with Gasteiger partial charge in [-0.3, -0.25) is 4.79 Å². The summed E-state index contributed by atoms with van der Waals surface area (Å²) in [5.74, 6) is 0.985. The molecule has 30 heavy (non-hydrogen) atoms. The Bertz CT molecular complexity index is 1050. The first-order chi connectivity index (χ1) is 14.7. The molecule has 0 aliphatic carbocycles. The number of carbonyl (C=O) groups excluding carboxylic acids is 1. The van der Waals surface area contributed by atoms with Crippen molar-refractivity contribution in [2.45, 2.75) is 19.1 Å². The number of fused-ring (bicyclic) bond motifs is 1. The van der Waals surface area contributed by atoms with E-state index >= 15 is 0 Å². The summed E-state index contributed by atoms with van der Waals surface area (Å²) in [4.78, 5) is 26.3. The highest BCUT2D eigenvalue weighted by atomic mass is 16.5. The first kappa shape index (κ1) is 18.8. The Balaban J connectivity index is 1.34. The molecule has 5 rings (SSSR count). The Morgan fingerprint density at radius 3 is 2.47 bits per heavy atom. The number of ether oxygens (including phenoxy) is 1. The molecule has 1 aromatic heterocycles. The van der Waals surface area contributed by atoms with Crippen LogP contribution in [0.4, 0.5) is 5.82 Å². The average Bonchev–Trinajstić information content (AvgIpc) is 2.78. The number of hydrogen-bond acceptors (Lipinski definition) is 5. The molecule has 3 aromatic rings. The second kappa shape index (κ2) is 7.88. The molecule has 2 aromatic carbocycles. The van der Waals surface area contributed by atoms with E-state index in [1.165, 1.54) is 0 Å². The Hall–Kier alpha value is -3.25. The summed E-state index contributed by atoms with van der Waals surface area (Å²) in [5, 5.41) is 0. The quantitative estimate of drug-likeness (QED) is 0.673. The Morgan fingerprint density at radius 2 is 1.73 bits per heavy atom. The minimum Gasteiger partial charge on any atom is -0.378 e. The van der Waals surface area contributed by atoms with Gasteiger partial charge in [-0.15, -0.1) is 0 Å². The lowest BCUT2D eigenvalue weighted by molar-refractivity contribution is 0.0724. The summed E-state index contributed by atoms with van der Waals surface area (Å²) in [6.07, 6.45) is 2.63. The van der Waals surface area contributed by atoms with Crippen molar-refractivity contribution in [3.05, 3.63) is 77.7 Å². The van der Waals surface area contributed by atoms with E-state index in [1.54, 1.807) is 13.4 Å². The van der Waals surface area contributed by atoms with Crippen LogP contribution in [0.3, 0.4) is 0 Å². The van der Waals surface area contributed by atoms with Crippen LogP contribution in [-0.2, 0) is 17.7 Å². The van der Waals surface area contributed by atoms with E-state index in [2.05, 4.69) is 27.0 Å². The molecule has 1 saturated heterocycles. The van der Waals surface area contributed by atoms with Gasteiger partial charge in [-0.1, -0.05) is 42.5 Å².